The molecule has 1 aromatic rings. The van der Waals surface area contributed by atoms with Gasteiger partial charge in [-0.15, -0.1) is 0 Å². The predicted octanol–water partition coefficient (Wildman–Crippen LogP) is 3.45. The first-order valence-electron chi connectivity index (χ1n) is 9.73. The standard InChI is InChI=1S/C20H32FN3O2S/c1-4-22-19(24-15-20(27-5-2)10-12-25-13-11-20)23-14-16(3)26-18-9-7-6-8-17(18)21/h6-9,16H,4-5,10-15H2,1-3H3,(H2,22,23,24). The van der Waals surface area contributed by atoms with Gasteiger partial charge in [0.15, 0.2) is 17.5 Å². The summed E-state index contributed by atoms with van der Waals surface area (Å²) in [4.78, 5) is 4.81. The quantitative estimate of drug-likeness (QED) is 0.494. The first-order chi connectivity index (χ1) is 13.1. The van der Waals surface area contributed by atoms with Crippen LogP contribution in [-0.2, 0) is 4.74 Å². The van der Waals surface area contributed by atoms with E-state index in [0.29, 0.717) is 6.54 Å². The fourth-order valence-corrected chi connectivity index (χ4v) is 4.23. The average molecular weight is 398 g/mol. The Balaban J connectivity index is 1.91. The molecule has 1 saturated heterocycles. The van der Waals surface area contributed by atoms with Crippen LogP contribution in [0.5, 0.6) is 5.75 Å². The Hall–Kier alpha value is -1.47. The zero-order valence-electron chi connectivity index (χ0n) is 16.6. The third-order valence-corrected chi connectivity index (χ3v) is 5.88. The molecule has 2 rings (SSSR count). The van der Waals surface area contributed by atoms with Crippen molar-refractivity contribution in [3.63, 3.8) is 0 Å². The summed E-state index contributed by atoms with van der Waals surface area (Å²) in [5.41, 5.74) is 0. The molecule has 152 valence electrons. The monoisotopic (exact) mass is 397 g/mol. The molecule has 1 aromatic carbocycles. The van der Waals surface area contributed by atoms with Gasteiger partial charge in [-0.05, 0) is 44.6 Å². The van der Waals surface area contributed by atoms with E-state index in [1.54, 1.807) is 18.2 Å². The number of hydrogen-bond acceptors (Lipinski definition) is 4. The van der Waals surface area contributed by atoms with Crippen LogP contribution < -0.4 is 15.4 Å². The number of hydrogen-bond donors (Lipinski definition) is 2. The molecule has 1 aliphatic heterocycles. The zero-order valence-corrected chi connectivity index (χ0v) is 17.4. The van der Waals surface area contributed by atoms with Crippen LogP contribution in [0.1, 0.15) is 33.6 Å². The minimum absolute atomic E-state index is 0.157. The molecule has 5 nitrogen and oxygen atoms in total. The van der Waals surface area contributed by atoms with E-state index in [4.69, 9.17) is 14.5 Å². The molecule has 0 aromatic heterocycles. The van der Waals surface area contributed by atoms with Crippen LogP contribution in [0.25, 0.3) is 0 Å². The molecule has 0 spiro atoms. The fourth-order valence-electron chi connectivity index (χ4n) is 3.00. The van der Waals surface area contributed by atoms with Crippen molar-refractivity contribution >= 4 is 17.7 Å². The summed E-state index contributed by atoms with van der Waals surface area (Å²) in [7, 11) is 0. The van der Waals surface area contributed by atoms with Crippen molar-refractivity contribution in [2.24, 2.45) is 4.99 Å². The number of ether oxygens (including phenoxy) is 2. The van der Waals surface area contributed by atoms with Crippen LogP contribution in [-0.4, -0.2) is 55.4 Å². The highest BCUT2D eigenvalue weighted by Gasteiger charge is 2.32. The summed E-state index contributed by atoms with van der Waals surface area (Å²) >= 11 is 1.98. The van der Waals surface area contributed by atoms with E-state index in [0.717, 1.165) is 50.9 Å². The van der Waals surface area contributed by atoms with E-state index in [1.807, 2.05) is 25.6 Å². The smallest absolute Gasteiger partial charge is 0.191 e. The fraction of sp³-hybridized carbons (Fsp3) is 0.650. The second kappa shape index (κ2) is 11.4. The zero-order chi connectivity index (χ0) is 19.5. The Kier molecular flexibility index (Phi) is 9.21. The summed E-state index contributed by atoms with van der Waals surface area (Å²) in [6, 6.07) is 6.46. The molecule has 1 fully saturated rings. The van der Waals surface area contributed by atoms with Crippen molar-refractivity contribution in [2.45, 2.75) is 44.5 Å². The Labute approximate surface area is 166 Å². The number of guanidine groups is 1. The van der Waals surface area contributed by atoms with Crippen molar-refractivity contribution in [1.82, 2.24) is 10.6 Å². The molecule has 7 heteroatoms. The van der Waals surface area contributed by atoms with Gasteiger partial charge in [-0.1, -0.05) is 19.1 Å². The van der Waals surface area contributed by atoms with Gasteiger partial charge < -0.3 is 20.1 Å². The summed E-state index contributed by atoms with van der Waals surface area (Å²) in [5, 5.41) is 6.59. The van der Waals surface area contributed by atoms with E-state index in [-0.39, 0.29) is 22.4 Å². The molecule has 0 bridgehead atoms. The molecule has 1 atom stereocenters. The third kappa shape index (κ3) is 7.22. The number of thioether (sulfide) groups is 1. The van der Waals surface area contributed by atoms with Gasteiger partial charge in [0.25, 0.3) is 0 Å². The SMILES string of the molecule is CCNC(=NCC1(SCC)CCOCC1)NCC(C)Oc1ccccc1F. The van der Waals surface area contributed by atoms with Gasteiger partial charge in [-0.25, -0.2) is 4.39 Å². The molecule has 0 aliphatic carbocycles. The van der Waals surface area contributed by atoms with Gasteiger partial charge in [-0.3, -0.25) is 4.99 Å². The lowest BCUT2D eigenvalue weighted by atomic mass is 9.99. The minimum Gasteiger partial charge on any atom is -0.486 e. The lowest BCUT2D eigenvalue weighted by Gasteiger charge is -2.35. The molecule has 1 unspecified atom stereocenters. The number of nitrogens with one attached hydrogen (secondary N) is 2. The first-order valence-corrected chi connectivity index (χ1v) is 10.7. The Morgan fingerprint density at radius 3 is 2.70 bits per heavy atom. The highest BCUT2D eigenvalue weighted by atomic mass is 32.2. The molecule has 0 radical (unpaired) electrons. The first kappa shape index (κ1) is 21.8. The van der Waals surface area contributed by atoms with E-state index in [2.05, 4.69) is 17.6 Å². The Morgan fingerprint density at radius 1 is 1.30 bits per heavy atom. The number of benzene rings is 1. The summed E-state index contributed by atoms with van der Waals surface area (Å²) in [5.74, 6) is 1.77. The van der Waals surface area contributed by atoms with Crippen molar-refractivity contribution in [3.8, 4) is 5.75 Å². The van der Waals surface area contributed by atoms with Crippen LogP contribution >= 0.6 is 11.8 Å². The molecular weight excluding hydrogens is 365 g/mol. The molecule has 1 aliphatic rings. The van der Waals surface area contributed by atoms with E-state index in [1.165, 1.54) is 6.07 Å². The van der Waals surface area contributed by atoms with E-state index < -0.39 is 0 Å². The van der Waals surface area contributed by atoms with Gasteiger partial charge >= 0.3 is 0 Å². The highest BCUT2D eigenvalue weighted by Crippen LogP contribution is 2.35. The second-order valence-electron chi connectivity index (χ2n) is 6.66. The third-order valence-electron chi connectivity index (χ3n) is 4.45. The Morgan fingerprint density at radius 2 is 2.04 bits per heavy atom. The summed E-state index contributed by atoms with van der Waals surface area (Å²) in [6.07, 6.45) is 1.87. The molecule has 0 amide bonds. The summed E-state index contributed by atoms with van der Waals surface area (Å²) in [6.45, 7) is 9.84. The van der Waals surface area contributed by atoms with Crippen LogP contribution in [0.2, 0.25) is 0 Å². The number of rotatable bonds is 9. The highest BCUT2D eigenvalue weighted by molar-refractivity contribution is 8.00. The van der Waals surface area contributed by atoms with Crippen LogP contribution in [0.3, 0.4) is 0 Å². The topological polar surface area (TPSA) is 54.9 Å². The second-order valence-corrected chi connectivity index (χ2v) is 8.40. The van der Waals surface area contributed by atoms with Gasteiger partial charge in [0.05, 0.1) is 13.1 Å². The molecule has 0 saturated carbocycles. The average Bonchev–Trinajstić information content (AvgIpc) is 2.67. The van der Waals surface area contributed by atoms with Gasteiger partial charge in [0, 0.05) is 24.5 Å². The van der Waals surface area contributed by atoms with Crippen molar-refractivity contribution < 1.29 is 13.9 Å². The minimum atomic E-state index is -0.344. The molecule has 27 heavy (non-hydrogen) atoms. The number of halogens is 1. The lowest BCUT2D eigenvalue weighted by Crippen LogP contribution is -2.43. The van der Waals surface area contributed by atoms with Crippen molar-refractivity contribution in [1.29, 1.82) is 0 Å². The van der Waals surface area contributed by atoms with E-state index >= 15 is 0 Å². The Bertz CT molecular complexity index is 589. The van der Waals surface area contributed by atoms with Gasteiger partial charge in [0.1, 0.15) is 6.10 Å². The number of aliphatic imine (C=N–C) groups is 1. The normalized spacial score (nSPS) is 18.0. The van der Waals surface area contributed by atoms with Crippen molar-refractivity contribution in [3.05, 3.63) is 30.1 Å². The molecular formula is C20H32FN3O2S. The van der Waals surface area contributed by atoms with E-state index in [9.17, 15) is 4.39 Å². The lowest BCUT2D eigenvalue weighted by molar-refractivity contribution is 0.0793. The maximum absolute atomic E-state index is 13.7. The largest absolute Gasteiger partial charge is 0.486 e. The molecule has 2 N–H and O–H groups in total. The van der Waals surface area contributed by atoms with Crippen LogP contribution in [0.4, 0.5) is 4.39 Å². The number of para-hydroxylation sites is 1. The predicted molar refractivity (Wildman–Crippen MR) is 111 cm³/mol. The van der Waals surface area contributed by atoms with Gasteiger partial charge in [0.2, 0.25) is 0 Å². The van der Waals surface area contributed by atoms with Crippen molar-refractivity contribution in [2.75, 3.05) is 38.6 Å². The van der Waals surface area contributed by atoms with Crippen LogP contribution in [0, 0.1) is 5.82 Å². The maximum atomic E-state index is 13.7. The summed E-state index contributed by atoms with van der Waals surface area (Å²) < 4.78 is 25.1. The van der Waals surface area contributed by atoms with Gasteiger partial charge in [-0.2, -0.15) is 11.8 Å². The van der Waals surface area contributed by atoms with Crippen LogP contribution in [0.15, 0.2) is 29.3 Å². The maximum Gasteiger partial charge on any atom is 0.191 e. The molecule has 1 heterocycles. The number of nitrogens with zero attached hydrogens (tertiary/aromatic N) is 1.